The number of carbonyl (C=O) groups excluding carboxylic acids is 2. The Hall–Kier alpha value is -3.64. The maximum atomic E-state index is 14.0. The van der Waals surface area contributed by atoms with Gasteiger partial charge in [-0.3, -0.25) is 13.9 Å². The lowest BCUT2D eigenvalue weighted by Gasteiger charge is -2.32. The molecule has 0 saturated carbocycles. The number of ether oxygens (including phenoxy) is 2. The fourth-order valence-corrected chi connectivity index (χ4v) is 5.98. The van der Waals surface area contributed by atoms with E-state index < -0.39 is 34.3 Å². The van der Waals surface area contributed by atoms with Gasteiger partial charge in [-0.15, -0.1) is 0 Å². The molecule has 3 aromatic carbocycles. The molecule has 0 aromatic heterocycles. The molecule has 4 rings (SSSR count). The third kappa shape index (κ3) is 7.40. The van der Waals surface area contributed by atoms with E-state index in [1.165, 1.54) is 35.2 Å². The van der Waals surface area contributed by atoms with Crippen LogP contribution in [0, 0.1) is 5.82 Å². The van der Waals surface area contributed by atoms with Crippen LogP contribution in [-0.2, 0) is 26.2 Å². The van der Waals surface area contributed by atoms with Gasteiger partial charge in [-0.1, -0.05) is 35.0 Å². The van der Waals surface area contributed by atoms with E-state index in [4.69, 9.17) is 9.47 Å². The van der Waals surface area contributed by atoms with Crippen molar-refractivity contribution in [3.8, 4) is 11.5 Å². The minimum absolute atomic E-state index is 0.0581. The molecule has 1 aliphatic heterocycles. The molecule has 0 spiro atoms. The lowest BCUT2D eigenvalue weighted by Crippen LogP contribution is -2.52. The number of sulfonamides is 1. The Morgan fingerprint density at radius 1 is 0.976 bits per heavy atom. The van der Waals surface area contributed by atoms with Gasteiger partial charge in [0.15, 0.2) is 11.5 Å². The van der Waals surface area contributed by atoms with Crippen LogP contribution in [0.2, 0.25) is 0 Å². The molecule has 12 heteroatoms. The van der Waals surface area contributed by atoms with Crippen molar-refractivity contribution in [2.24, 2.45) is 0 Å². The van der Waals surface area contributed by atoms with Crippen LogP contribution in [0.5, 0.6) is 11.5 Å². The average Bonchev–Trinajstić information content (AvgIpc) is 2.99. The molecule has 0 aliphatic carbocycles. The predicted octanol–water partition coefficient (Wildman–Crippen LogP) is 4.89. The van der Waals surface area contributed by atoms with Gasteiger partial charge in [0, 0.05) is 23.1 Å². The van der Waals surface area contributed by atoms with Gasteiger partial charge in [0.05, 0.1) is 10.6 Å². The van der Waals surface area contributed by atoms with E-state index in [1.807, 2.05) is 38.1 Å². The van der Waals surface area contributed by atoms with Crippen LogP contribution in [0.1, 0.15) is 32.8 Å². The number of fused-ring (bicyclic) bond motifs is 1. The molecule has 2 amide bonds. The second-order valence-corrected chi connectivity index (χ2v) is 12.7. The normalized spacial score (nSPS) is 14.0. The molecular formula is C30H33BrFN3O6S. The summed E-state index contributed by atoms with van der Waals surface area (Å²) in [6.07, 6.45) is 0.700. The molecule has 1 heterocycles. The van der Waals surface area contributed by atoms with Gasteiger partial charge in [0.2, 0.25) is 11.8 Å². The number of anilines is 1. The maximum absolute atomic E-state index is 14.0. The van der Waals surface area contributed by atoms with Crippen LogP contribution < -0.4 is 19.1 Å². The highest BCUT2D eigenvalue weighted by Gasteiger charge is 2.33. The molecular weight excluding hydrogens is 629 g/mol. The van der Waals surface area contributed by atoms with Crippen LogP contribution in [0.25, 0.3) is 0 Å². The van der Waals surface area contributed by atoms with Crippen molar-refractivity contribution in [3.63, 3.8) is 0 Å². The number of nitrogens with zero attached hydrogens (tertiary/aromatic N) is 2. The molecule has 0 radical (unpaired) electrons. The highest BCUT2D eigenvalue weighted by Crippen LogP contribution is 2.34. The molecule has 0 saturated heterocycles. The largest absolute Gasteiger partial charge is 0.486 e. The summed E-state index contributed by atoms with van der Waals surface area (Å²) in [6, 6.07) is 15.2. The monoisotopic (exact) mass is 661 g/mol. The number of nitrogens with one attached hydrogen (secondary N) is 1. The Balaban J connectivity index is 1.71. The number of benzene rings is 3. The Bertz CT molecular complexity index is 1520. The van der Waals surface area contributed by atoms with Crippen molar-refractivity contribution in [2.45, 2.75) is 50.7 Å². The second-order valence-electron chi connectivity index (χ2n) is 9.94. The fourth-order valence-electron chi connectivity index (χ4n) is 4.28. The molecule has 0 fully saturated rings. The summed E-state index contributed by atoms with van der Waals surface area (Å²) < 4.78 is 54.7. The zero-order valence-corrected chi connectivity index (χ0v) is 26.0. The highest BCUT2D eigenvalue weighted by molar-refractivity contribution is 9.10. The summed E-state index contributed by atoms with van der Waals surface area (Å²) in [4.78, 5) is 28.3. The first-order valence-electron chi connectivity index (χ1n) is 13.5. The SMILES string of the molecule is CC[C@H](C)NC(=O)[C@H](C)N(Cc1ccc(Br)cc1)C(=O)CN(c1ccc(F)cc1)S(=O)(=O)c1ccc2c(c1)OCCO2. The van der Waals surface area contributed by atoms with Gasteiger partial charge in [-0.25, -0.2) is 12.8 Å². The molecule has 42 heavy (non-hydrogen) atoms. The quantitative estimate of drug-likeness (QED) is 0.314. The Kier molecular flexibility index (Phi) is 10.1. The molecule has 1 aliphatic rings. The number of rotatable bonds is 11. The van der Waals surface area contributed by atoms with Crippen LogP contribution >= 0.6 is 15.9 Å². The van der Waals surface area contributed by atoms with Crippen molar-refractivity contribution >= 4 is 43.5 Å². The van der Waals surface area contributed by atoms with E-state index >= 15 is 0 Å². The van der Waals surface area contributed by atoms with Crippen molar-refractivity contribution in [1.82, 2.24) is 10.2 Å². The summed E-state index contributed by atoms with van der Waals surface area (Å²) >= 11 is 3.40. The molecule has 0 unspecified atom stereocenters. The van der Waals surface area contributed by atoms with Crippen molar-refractivity contribution < 1.29 is 31.9 Å². The van der Waals surface area contributed by atoms with Gasteiger partial charge >= 0.3 is 0 Å². The van der Waals surface area contributed by atoms with Crippen molar-refractivity contribution in [1.29, 1.82) is 0 Å². The number of halogens is 2. The maximum Gasteiger partial charge on any atom is 0.264 e. The van der Waals surface area contributed by atoms with Gasteiger partial charge in [0.25, 0.3) is 10.0 Å². The Labute approximate surface area is 253 Å². The fraction of sp³-hybridized carbons (Fsp3) is 0.333. The number of amides is 2. The number of hydrogen-bond acceptors (Lipinski definition) is 6. The summed E-state index contributed by atoms with van der Waals surface area (Å²) in [5.74, 6) is -0.867. The molecule has 1 N–H and O–H groups in total. The van der Waals surface area contributed by atoms with E-state index in [0.29, 0.717) is 18.8 Å². The van der Waals surface area contributed by atoms with E-state index in [1.54, 1.807) is 6.92 Å². The Morgan fingerprint density at radius 3 is 2.26 bits per heavy atom. The van der Waals surface area contributed by atoms with Gasteiger partial charge in [0.1, 0.15) is 31.6 Å². The second kappa shape index (κ2) is 13.6. The van der Waals surface area contributed by atoms with Crippen LogP contribution in [0.4, 0.5) is 10.1 Å². The predicted molar refractivity (Wildman–Crippen MR) is 160 cm³/mol. The van der Waals surface area contributed by atoms with E-state index in [0.717, 1.165) is 26.5 Å². The summed E-state index contributed by atoms with van der Waals surface area (Å²) in [6.45, 7) is 5.42. The van der Waals surface area contributed by atoms with Gasteiger partial charge in [-0.2, -0.15) is 0 Å². The topological polar surface area (TPSA) is 105 Å². The van der Waals surface area contributed by atoms with Crippen LogP contribution in [0.3, 0.4) is 0 Å². The van der Waals surface area contributed by atoms with E-state index in [-0.39, 0.29) is 41.4 Å². The van der Waals surface area contributed by atoms with Gasteiger partial charge < -0.3 is 19.7 Å². The standard InChI is InChI=1S/C30H33BrFN3O6S/c1-4-20(2)33-30(37)21(3)34(18-22-5-7-23(31)8-6-22)29(36)19-35(25-11-9-24(32)10-12-25)42(38,39)26-13-14-27-28(17-26)41-16-15-40-27/h5-14,17,20-21H,4,15-16,18-19H2,1-3H3,(H,33,37)/t20-,21-/m0/s1. The first-order valence-corrected chi connectivity index (χ1v) is 15.7. The van der Waals surface area contributed by atoms with E-state index in [9.17, 15) is 22.4 Å². The molecule has 224 valence electrons. The molecule has 9 nitrogen and oxygen atoms in total. The molecule has 3 aromatic rings. The third-order valence-electron chi connectivity index (χ3n) is 6.93. The number of hydrogen-bond donors (Lipinski definition) is 1. The minimum Gasteiger partial charge on any atom is -0.486 e. The lowest BCUT2D eigenvalue weighted by molar-refractivity contribution is -0.139. The van der Waals surface area contributed by atoms with Crippen LogP contribution in [0.15, 0.2) is 76.1 Å². The zero-order valence-electron chi connectivity index (χ0n) is 23.5. The van der Waals surface area contributed by atoms with Crippen molar-refractivity contribution in [3.05, 3.63) is 82.6 Å². The highest BCUT2D eigenvalue weighted by atomic mass is 79.9. The Morgan fingerprint density at radius 2 is 1.62 bits per heavy atom. The first-order chi connectivity index (χ1) is 20.0. The minimum atomic E-state index is -4.36. The molecule has 0 bridgehead atoms. The smallest absolute Gasteiger partial charge is 0.264 e. The summed E-state index contributed by atoms with van der Waals surface area (Å²) in [7, 11) is -4.36. The van der Waals surface area contributed by atoms with E-state index in [2.05, 4.69) is 21.2 Å². The number of carbonyl (C=O) groups is 2. The lowest BCUT2D eigenvalue weighted by atomic mass is 10.1. The summed E-state index contributed by atoms with van der Waals surface area (Å²) in [5, 5.41) is 2.90. The summed E-state index contributed by atoms with van der Waals surface area (Å²) in [5.41, 5.74) is 0.831. The van der Waals surface area contributed by atoms with Crippen molar-refractivity contribution in [2.75, 3.05) is 24.1 Å². The zero-order chi connectivity index (χ0) is 30.4. The molecule has 2 atom stereocenters. The van der Waals surface area contributed by atoms with Crippen LogP contribution in [-0.4, -0.2) is 57.0 Å². The third-order valence-corrected chi connectivity index (χ3v) is 9.23. The average molecular weight is 663 g/mol. The van der Waals surface area contributed by atoms with Gasteiger partial charge in [-0.05, 0) is 74.4 Å². The first kappa shape index (κ1) is 31.3.